The summed E-state index contributed by atoms with van der Waals surface area (Å²) in [5, 5.41) is 2.91. The molecule has 0 bridgehead atoms. The predicted molar refractivity (Wildman–Crippen MR) is 98.2 cm³/mol. The molecule has 0 atom stereocenters. The van der Waals surface area contributed by atoms with Crippen LogP contribution in [0.3, 0.4) is 0 Å². The van der Waals surface area contributed by atoms with E-state index in [0.29, 0.717) is 0 Å². The summed E-state index contributed by atoms with van der Waals surface area (Å²) in [6, 6.07) is 21.9. The summed E-state index contributed by atoms with van der Waals surface area (Å²) in [5.41, 5.74) is 0. The van der Waals surface area contributed by atoms with Crippen LogP contribution >= 0.6 is 0 Å². The van der Waals surface area contributed by atoms with Crippen LogP contribution in [-0.2, 0) is 0 Å². The molecule has 109 valence electrons. The van der Waals surface area contributed by atoms with Crippen LogP contribution in [0.5, 0.6) is 0 Å². The van der Waals surface area contributed by atoms with E-state index in [0.717, 1.165) is 6.54 Å². The van der Waals surface area contributed by atoms with Gasteiger partial charge in [0.05, 0.1) is 0 Å². The van der Waals surface area contributed by atoms with E-state index in [1.54, 1.807) is 0 Å². The SMILES string of the molecule is C=CCN([Si](c1ccccc1)c1ccccc1)[Si](C)(C)C. The molecule has 0 fully saturated rings. The van der Waals surface area contributed by atoms with E-state index in [1.165, 1.54) is 10.4 Å². The lowest BCUT2D eigenvalue weighted by atomic mass is 10.4. The third-order valence-corrected chi connectivity index (χ3v) is 10.5. The summed E-state index contributed by atoms with van der Waals surface area (Å²) in [6.45, 7) is 12.2. The molecule has 0 heterocycles. The zero-order chi connectivity index (χ0) is 15.3. The first-order chi connectivity index (χ1) is 10.0. The lowest BCUT2D eigenvalue weighted by molar-refractivity contribution is 0.719. The second-order valence-electron chi connectivity index (χ2n) is 6.15. The molecule has 1 nitrogen and oxygen atoms in total. The van der Waals surface area contributed by atoms with E-state index in [4.69, 9.17) is 0 Å². The quantitative estimate of drug-likeness (QED) is 0.585. The summed E-state index contributed by atoms with van der Waals surface area (Å²) < 4.78 is 2.73. The van der Waals surface area contributed by atoms with Crippen molar-refractivity contribution in [3.8, 4) is 0 Å². The molecule has 2 aromatic carbocycles. The third-order valence-electron chi connectivity index (χ3n) is 3.49. The molecule has 0 unspecified atom stereocenters. The Kier molecular flexibility index (Phi) is 5.34. The predicted octanol–water partition coefficient (Wildman–Crippen LogP) is 3.12. The molecule has 0 amide bonds. The molecule has 0 aliphatic rings. The molecule has 0 saturated heterocycles. The Morgan fingerprint density at radius 3 is 1.67 bits per heavy atom. The molecule has 3 heteroatoms. The average molecular weight is 311 g/mol. The minimum Gasteiger partial charge on any atom is -0.336 e. The minimum absolute atomic E-state index is 0.934. The largest absolute Gasteiger partial charge is 0.336 e. The van der Waals surface area contributed by atoms with Gasteiger partial charge in [-0.2, -0.15) is 0 Å². The first-order valence-electron chi connectivity index (χ1n) is 7.40. The highest BCUT2D eigenvalue weighted by atomic mass is 28.4. The van der Waals surface area contributed by atoms with Crippen molar-refractivity contribution in [2.45, 2.75) is 19.6 Å². The van der Waals surface area contributed by atoms with Crippen molar-refractivity contribution in [1.82, 2.24) is 4.23 Å². The number of hydrogen-bond acceptors (Lipinski definition) is 1. The van der Waals surface area contributed by atoms with Crippen LogP contribution in [-0.4, -0.2) is 28.0 Å². The molecule has 0 N–H and O–H groups in total. The Morgan fingerprint density at radius 2 is 1.33 bits per heavy atom. The Labute approximate surface area is 131 Å². The van der Waals surface area contributed by atoms with E-state index >= 15 is 0 Å². The van der Waals surface area contributed by atoms with Gasteiger partial charge in [-0.05, 0) is 10.4 Å². The van der Waals surface area contributed by atoms with E-state index in [1.807, 2.05) is 0 Å². The summed E-state index contributed by atoms with van der Waals surface area (Å²) in [4.78, 5) is 0. The van der Waals surface area contributed by atoms with E-state index < -0.39 is 17.2 Å². The summed E-state index contributed by atoms with van der Waals surface area (Å²) >= 11 is 0. The van der Waals surface area contributed by atoms with Gasteiger partial charge in [-0.25, -0.2) is 0 Å². The molecule has 0 aromatic heterocycles. The van der Waals surface area contributed by atoms with Crippen molar-refractivity contribution in [1.29, 1.82) is 0 Å². The highest BCUT2D eigenvalue weighted by Crippen LogP contribution is 2.12. The van der Waals surface area contributed by atoms with Crippen LogP contribution in [0.25, 0.3) is 0 Å². The number of benzene rings is 2. The normalized spacial score (nSPS) is 11.9. The molecule has 0 aliphatic heterocycles. The maximum atomic E-state index is 3.98. The summed E-state index contributed by atoms with van der Waals surface area (Å²) in [5.74, 6) is 0. The van der Waals surface area contributed by atoms with Gasteiger partial charge < -0.3 is 4.23 Å². The monoisotopic (exact) mass is 310 g/mol. The van der Waals surface area contributed by atoms with E-state index in [9.17, 15) is 0 Å². The summed E-state index contributed by atoms with van der Waals surface area (Å²) in [6.07, 6.45) is 2.05. The fraction of sp³-hybridized carbons (Fsp3) is 0.222. The van der Waals surface area contributed by atoms with Crippen LogP contribution in [0.4, 0.5) is 0 Å². The van der Waals surface area contributed by atoms with E-state index in [2.05, 4.69) is 97.2 Å². The maximum absolute atomic E-state index is 3.98. The van der Waals surface area contributed by atoms with E-state index in [-0.39, 0.29) is 0 Å². The molecule has 2 rings (SSSR count). The number of nitrogens with zero attached hydrogens (tertiary/aromatic N) is 1. The molecule has 2 aromatic rings. The number of hydrogen-bond donors (Lipinski definition) is 0. The Bertz CT molecular complexity index is 521. The molecular weight excluding hydrogens is 286 g/mol. The zero-order valence-electron chi connectivity index (χ0n) is 13.2. The lowest BCUT2D eigenvalue weighted by Gasteiger charge is -2.39. The highest BCUT2D eigenvalue weighted by molar-refractivity contribution is 6.93. The summed E-state index contributed by atoms with van der Waals surface area (Å²) in [7, 11) is -2.36. The Hall–Kier alpha value is -1.43. The molecule has 1 radical (unpaired) electrons. The van der Waals surface area contributed by atoms with Crippen LogP contribution in [0.2, 0.25) is 19.6 Å². The van der Waals surface area contributed by atoms with Gasteiger partial charge in [-0.1, -0.05) is 86.4 Å². The van der Waals surface area contributed by atoms with Crippen LogP contribution in [0.15, 0.2) is 73.3 Å². The van der Waals surface area contributed by atoms with Gasteiger partial charge in [-0.3, -0.25) is 0 Å². The first-order valence-corrected chi connectivity index (χ1v) is 12.3. The van der Waals surface area contributed by atoms with Crippen molar-refractivity contribution >= 4 is 27.6 Å². The van der Waals surface area contributed by atoms with Crippen molar-refractivity contribution in [2.75, 3.05) is 6.54 Å². The fourth-order valence-electron chi connectivity index (χ4n) is 2.50. The van der Waals surface area contributed by atoms with Gasteiger partial charge in [0.2, 0.25) is 8.96 Å². The third kappa shape index (κ3) is 4.03. The molecule has 21 heavy (non-hydrogen) atoms. The van der Waals surface area contributed by atoms with Crippen LogP contribution in [0.1, 0.15) is 0 Å². The van der Waals surface area contributed by atoms with Crippen LogP contribution < -0.4 is 10.4 Å². The van der Waals surface area contributed by atoms with Crippen molar-refractivity contribution < 1.29 is 0 Å². The molecular formula is C18H24NSi2. The molecule has 0 aliphatic carbocycles. The van der Waals surface area contributed by atoms with Gasteiger partial charge in [0.15, 0.2) is 0 Å². The minimum atomic E-state index is -1.43. The van der Waals surface area contributed by atoms with Gasteiger partial charge in [0.1, 0.15) is 8.24 Å². The molecule has 0 spiro atoms. The van der Waals surface area contributed by atoms with Gasteiger partial charge >= 0.3 is 0 Å². The van der Waals surface area contributed by atoms with Gasteiger partial charge in [-0.15, -0.1) is 6.58 Å². The van der Waals surface area contributed by atoms with Crippen LogP contribution in [0, 0.1) is 0 Å². The highest BCUT2D eigenvalue weighted by Gasteiger charge is 2.33. The second kappa shape index (κ2) is 7.03. The first kappa shape index (κ1) is 16.0. The topological polar surface area (TPSA) is 3.24 Å². The average Bonchev–Trinajstić information content (AvgIpc) is 2.48. The van der Waals surface area contributed by atoms with Crippen molar-refractivity contribution in [2.24, 2.45) is 0 Å². The zero-order valence-corrected chi connectivity index (χ0v) is 15.2. The standard InChI is InChI=1S/C18H24NSi2/c1-5-16-19(21(2,3)4)20(17-12-8-6-9-13-17)18-14-10-7-11-15-18/h5-15H,1,16H2,2-4H3. The number of rotatable bonds is 6. The molecule has 0 saturated carbocycles. The maximum Gasteiger partial charge on any atom is 0.202 e. The second-order valence-corrected chi connectivity index (χ2v) is 13.9. The van der Waals surface area contributed by atoms with Crippen molar-refractivity contribution in [3.05, 3.63) is 73.3 Å². The van der Waals surface area contributed by atoms with Gasteiger partial charge in [0.25, 0.3) is 0 Å². The lowest BCUT2D eigenvalue weighted by Crippen LogP contribution is -2.64. The van der Waals surface area contributed by atoms with Gasteiger partial charge in [0, 0.05) is 6.54 Å². The fourth-order valence-corrected chi connectivity index (χ4v) is 8.92. The van der Waals surface area contributed by atoms with Crippen molar-refractivity contribution in [3.63, 3.8) is 0 Å². The Morgan fingerprint density at radius 1 is 0.905 bits per heavy atom. The Balaban J connectivity index is 2.52. The smallest absolute Gasteiger partial charge is 0.202 e.